The summed E-state index contributed by atoms with van der Waals surface area (Å²) >= 11 is 0. The van der Waals surface area contributed by atoms with Gasteiger partial charge in [-0.3, -0.25) is 5.43 Å². The van der Waals surface area contributed by atoms with Crippen LogP contribution in [-0.4, -0.2) is 11.2 Å². The first-order valence-electron chi connectivity index (χ1n) is 5.84. The van der Waals surface area contributed by atoms with Gasteiger partial charge in [0.2, 0.25) is 0 Å². The zero-order chi connectivity index (χ0) is 12.2. The third-order valence-electron chi connectivity index (χ3n) is 2.72. The van der Waals surface area contributed by atoms with Crippen molar-refractivity contribution < 1.29 is 0 Å². The molecule has 3 rings (SSSR count). The Morgan fingerprint density at radius 1 is 0.944 bits per heavy atom. The van der Waals surface area contributed by atoms with Crippen LogP contribution >= 0.6 is 0 Å². The molecule has 0 aliphatic carbocycles. The predicted octanol–water partition coefficient (Wildman–Crippen LogP) is 3.61. The van der Waals surface area contributed by atoms with Gasteiger partial charge in [0, 0.05) is 10.9 Å². The molecule has 3 heteroatoms. The lowest BCUT2D eigenvalue weighted by Crippen LogP contribution is -1.89. The van der Waals surface area contributed by atoms with Gasteiger partial charge in [0.1, 0.15) is 0 Å². The van der Waals surface area contributed by atoms with Crippen molar-refractivity contribution in [3.05, 3.63) is 66.4 Å². The molecule has 0 atom stereocenters. The fraction of sp³-hybridized carbons (Fsp3) is 0. The number of hydrogen-bond acceptors (Lipinski definition) is 2. The Morgan fingerprint density at radius 2 is 1.72 bits per heavy atom. The second kappa shape index (κ2) is 4.75. The van der Waals surface area contributed by atoms with Gasteiger partial charge in [0.25, 0.3) is 0 Å². The number of nitrogens with one attached hydrogen (secondary N) is 2. The minimum absolute atomic E-state index is 0.977. The number of para-hydroxylation sites is 2. The van der Waals surface area contributed by atoms with Gasteiger partial charge in [-0.2, -0.15) is 5.10 Å². The van der Waals surface area contributed by atoms with Gasteiger partial charge < -0.3 is 4.98 Å². The Balaban J connectivity index is 1.76. The van der Waals surface area contributed by atoms with Crippen molar-refractivity contribution in [3.8, 4) is 0 Å². The number of hydrogen-bond donors (Lipinski definition) is 2. The first kappa shape index (κ1) is 10.6. The zero-order valence-corrected chi connectivity index (χ0v) is 9.80. The fourth-order valence-electron chi connectivity index (χ4n) is 1.85. The number of benzene rings is 2. The summed E-state index contributed by atoms with van der Waals surface area (Å²) in [6, 6.07) is 20.1. The predicted molar refractivity (Wildman–Crippen MR) is 76.0 cm³/mol. The molecule has 1 heterocycles. The molecule has 3 aromatic rings. The van der Waals surface area contributed by atoms with E-state index in [1.807, 2.05) is 42.5 Å². The topological polar surface area (TPSA) is 40.2 Å². The van der Waals surface area contributed by atoms with Gasteiger partial charge in [-0.05, 0) is 24.3 Å². The lowest BCUT2D eigenvalue weighted by atomic mass is 10.2. The number of H-pyrrole nitrogens is 1. The van der Waals surface area contributed by atoms with E-state index in [-0.39, 0.29) is 0 Å². The van der Waals surface area contributed by atoms with Crippen molar-refractivity contribution in [3.63, 3.8) is 0 Å². The molecule has 0 aliphatic heterocycles. The van der Waals surface area contributed by atoms with Gasteiger partial charge in [0.05, 0.1) is 17.6 Å². The molecule has 1 aromatic heterocycles. The summed E-state index contributed by atoms with van der Waals surface area (Å²) < 4.78 is 0. The van der Waals surface area contributed by atoms with Crippen LogP contribution in [0.3, 0.4) is 0 Å². The minimum Gasteiger partial charge on any atom is -0.354 e. The molecular formula is C15H13N3. The summed E-state index contributed by atoms with van der Waals surface area (Å²) in [6.07, 6.45) is 1.78. The molecule has 0 saturated heterocycles. The molecule has 0 saturated carbocycles. The van der Waals surface area contributed by atoms with Gasteiger partial charge in [0.15, 0.2) is 0 Å². The first-order chi connectivity index (χ1) is 8.92. The van der Waals surface area contributed by atoms with E-state index in [4.69, 9.17) is 0 Å². The van der Waals surface area contributed by atoms with E-state index in [2.05, 4.69) is 33.7 Å². The van der Waals surface area contributed by atoms with E-state index in [1.54, 1.807) is 6.21 Å². The standard InChI is InChI=1S/C15H13N3/c1-2-7-13(8-3-1)18-16-11-14-10-12-6-4-5-9-15(12)17-14/h1-11,17-18H. The average Bonchev–Trinajstić information content (AvgIpc) is 2.82. The van der Waals surface area contributed by atoms with Crippen LogP contribution in [0, 0.1) is 0 Å². The summed E-state index contributed by atoms with van der Waals surface area (Å²) in [5, 5.41) is 5.39. The average molecular weight is 235 g/mol. The summed E-state index contributed by atoms with van der Waals surface area (Å²) in [5.41, 5.74) is 6.07. The van der Waals surface area contributed by atoms with Crippen LogP contribution < -0.4 is 5.43 Å². The van der Waals surface area contributed by atoms with E-state index in [0.29, 0.717) is 0 Å². The van der Waals surface area contributed by atoms with Gasteiger partial charge in [-0.25, -0.2) is 0 Å². The third-order valence-corrected chi connectivity index (χ3v) is 2.72. The highest BCUT2D eigenvalue weighted by Gasteiger charge is 1.96. The number of aromatic nitrogens is 1. The van der Waals surface area contributed by atoms with Crippen LogP contribution in [0.2, 0.25) is 0 Å². The van der Waals surface area contributed by atoms with E-state index >= 15 is 0 Å². The number of hydrazone groups is 1. The summed E-state index contributed by atoms with van der Waals surface area (Å²) in [5.74, 6) is 0. The van der Waals surface area contributed by atoms with Crippen LogP contribution in [0.5, 0.6) is 0 Å². The molecule has 0 unspecified atom stereocenters. The smallest absolute Gasteiger partial charge is 0.0707 e. The Morgan fingerprint density at radius 3 is 2.56 bits per heavy atom. The fourth-order valence-corrected chi connectivity index (χ4v) is 1.85. The van der Waals surface area contributed by atoms with Crippen LogP contribution in [0.25, 0.3) is 10.9 Å². The van der Waals surface area contributed by atoms with Crippen LogP contribution in [-0.2, 0) is 0 Å². The van der Waals surface area contributed by atoms with Crippen molar-refractivity contribution in [1.29, 1.82) is 0 Å². The maximum absolute atomic E-state index is 4.20. The van der Waals surface area contributed by atoms with E-state index in [0.717, 1.165) is 16.9 Å². The summed E-state index contributed by atoms with van der Waals surface area (Å²) in [4.78, 5) is 3.29. The van der Waals surface area contributed by atoms with Crippen molar-refractivity contribution in [1.82, 2.24) is 4.98 Å². The molecule has 3 nitrogen and oxygen atoms in total. The van der Waals surface area contributed by atoms with Gasteiger partial charge in [-0.1, -0.05) is 36.4 Å². The van der Waals surface area contributed by atoms with E-state index in [9.17, 15) is 0 Å². The Hall–Kier alpha value is -2.55. The molecule has 2 aromatic carbocycles. The maximum Gasteiger partial charge on any atom is 0.0707 e. The molecule has 0 amide bonds. The quantitative estimate of drug-likeness (QED) is 0.528. The van der Waals surface area contributed by atoms with Crippen LogP contribution in [0.1, 0.15) is 5.69 Å². The third kappa shape index (κ3) is 2.25. The highest BCUT2D eigenvalue weighted by atomic mass is 15.3. The second-order valence-electron chi connectivity index (χ2n) is 4.05. The van der Waals surface area contributed by atoms with E-state index < -0.39 is 0 Å². The highest BCUT2D eigenvalue weighted by Crippen LogP contribution is 2.13. The van der Waals surface area contributed by atoms with E-state index in [1.165, 1.54) is 5.39 Å². The Bertz CT molecular complexity index is 635. The molecule has 0 spiro atoms. The summed E-state index contributed by atoms with van der Waals surface area (Å²) in [7, 11) is 0. The largest absolute Gasteiger partial charge is 0.354 e. The SMILES string of the molecule is C(=NNc1ccccc1)c1cc2ccccc2[nH]1. The summed E-state index contributed by atoms with van der Waals surface area (Å²) in [6.45, 7) is 0. The number of aromatic amines is 1. The van der Waals surface area contributed by atoms with Crippen molar-refractivity contribution in [2.45, 2.75) is 0 Å². The molecule has 0 aliphatic rings. The molecule has 2 N–H and O–H groups in total. The molecule has 88 valence electrons. The maximum atomic E-state index is 4.20. The second-order valence-corrected chi connectivity index (χ2v) is 4.05. The lowest BCUT2D eigenvalue weighted by Gasteiger charge is -1.97. The minimum atomic E-state index is 0.977. The van der Waals surface area contributed by atoms with Crippen molar-refractivity contribution in [2.24, 2.45) is 5.10 Å². The number of rotatable bonds is 3. The number of anilines is 1. The normalized spacial score (nSPS) is 11.1. The van der Waals surface area contributed by atoms with Gasteiger partial charge >= 0.3 is 0 Å². The first-order valence-corrected chi connectivity index (χ1v) is 5.84. The Labute approximate surface area is 105 Å². The molecule has 0 fully saturated rings. The lowest BCUT2D eigenvalue weighted by molar-refractivity contribution is 1.33. The molecular weight excluding hydrogens is 222 g/mol. The monoisotopic (exact) mass is 235 g/mol. The Kier molecular flexibility index (Phi) is 2.80. The van der Waals surface area contributed by atoms with Crippen molar-refractivity contribution in [2.75, 3.05) is 5.43 Å². The number of nitrogens with zero attached hydrogens (tertiary/aromatic N) is 1. The molecule has 18 heavy (non-hydrogen) atoms. The zero-order valence-electron chi connectivity index (χ0n) is 9.80. The molecule has 0 radical (unpaired) electrons. The van der Waals surface area contributed by atoms with Gasteiger partial charge in [-0.15, -0.1) is 0 Å². The molecule has 0 bridgehead atoms. The van der Waals surface area contributed by atoms with Crippen LogP contribution in [0.15, 0.2) is 65.8 Å². The number of fused-ring (bicyclic) bond motifs is 1. The van der Waals surface area contributed by atoms with Crippen LogP contribution in [0.4, 0.5) is 5.69 Å². The van der Waals surface area contributed by atoms with Crippen molar-refractivity contribution >= 4 is 22.8 Å². The highest BCUT2D eigenvalue weighted by molar-refractivity contribution is 5.89.